The molecule has 3 aromatic rings. The minimum Gasteiger partial charge on any atom is -0.360 e. The highest BCUT2D eigenvalue weighted by Crippen LogP contribution is 2.17. The first-order valence-electron chi connectivity index (χ1n) is 7.34. The van der Waals surface area contributed by atoms with Crippen LogP contribution in [0, 0.1) is 18.3 Å². The van der Waals surface area contributed by atoms with E-state index in [9.17, 15) is 10.1 Å². The van der Waals surface area contributed by atoms with Gasteiger partial charge in [0.15, 0.2) is 0 Å². The van der Waals surface area contributed by atoms with Gasteiger partial charge in [-0.05, 0) is 36.8 Å². The zero-order valence-corrected chi connectivity index (χ0v) is 13.0. The third-order valence-electron chi connectivity index (χ3n) is 3.58. The van der Waals surface area contributed by atoms with Crippen molar-refractivity contribution < 1.29 is 4.79 Å². The van der Waals surface area contributed by atoms with E-state index in [1.54, 1.807) is 12.3 Å². The van der Waals surface area contributed by atoms with Gasteiger partial charge in [-0.25, -0.2) is 0 Å². The number of aromatic nitrogens is 2. The number of carbonyl (C=O) groups is 1. The molecule has 0 unspecified atom stereocenters. The fourth-order valence-corrected chi connectivity index (χ4v) is 2.23. The molecule has 0 aliphatic rings. The van der Waals surface area contributed by atoms with E-state index in [4.69, 9.17) is 0 Å². The Labute approximate surface area is 138 Å². The topological polar surface area (TPSA) is 93.6 Å². The second kappa shape index (κ2) is 6.67. The quantitative estimate of drug-likeness (QED) is 0.508. The SMILES string of the molecule is Cc1ccccc1NC(=O)/C(C#N)=C\Nc1ccc2cn[nH]c2c1. The van der Waals surface area contributed by atoms with Crippen LogP contribution in [-0.2, 0) is 4.79 Å². The van der Waals surface area contributed by atoms with E-state index in [1.807, 2.05) is 49.4 Å². The zero-order chi connectivity index (χ0) is 16.9. The second-order valence-electron chi connectivity index (χ2n) is 5.26. The van der Waals surface area contributed by atoms with Gasteiger partial charge in [-0.1, -0.05) is 18.2 Å². The van der Waals surface area contributed by atoms with Gasteiger partial charge in [-0.3, -0.25) is 9.89 Å². The first kappa shape index (κ1) is 15.3. The predicted octanol–water partition coefficient (Wildman–Crippen LogP) is 3.33. The summed E-state index contributed by atoms with van der Waals surface area (Å²) in [5.41, 5.74) is 3.23. The molecular formula is C18H15N5O. The van der Waals surface area contributed by atoms with Gasteiger partial charge in [-0.2, -0.15) is 10.4 Å². The largest absolute Gasteiger partial charge is 0.360 e. The second-order valence-corrected chi connectivity index (χ2v) is 5.26. The first-order chi connectivity index (χ1) is 11.7. The average Bonchev–Trinajstić information content (AvgIpc) is 3.05. The molecule has 6 heteroatoms. The molecule has 0 aliphatic carbocycles. The molecule has 0 fully saturated rings. The maximum Gasteiger partial charge on any atom is 0.267 e. The van der Waals surface area contributed by atoms with Gasteiger partial charge in [0.2, 0.25) is 0 Å². The number of aromatic amines is 1. The van der Waals surface area contributed by atoms with Crippen LogP contribution in [0.4, 0.5) is 11.4 Å². The maximum atomic E-state index is 12.2. The number of anilines is 2. The van der Waals surface area contributed by atoms with E-state index >= 15 is 0 Å². The van der Waals surface area contributed by atoms with Crippen LogP contribution in [0.25, 0.3) is 10.9 Å². The van der Waals surface area contributed by atoms with Crippen molar-refractivity contribution in [3.8, 4) is 6.07 Å². The monoisotopic (exact) mass is 317 g/mol. The molecule has 0 bridgehead atoms. The highest BCUT2D eigenvalue weighted by atomic mass is 16.1. The number of para-hydroxylation sites is 1. The summed E-state index contributed by atoms with van der Waals surface area (Å²) in [5.74, 6) is -0.457. The molecule has 0 atom stereocenters. The molecule has 0 aliphatic heterocycles. The molecule has 6 nitrogen and oxygen atoms in total. The number of H-pyrrole nitrogens is 1. The van der Waals surface area contributed by atoms with Gasteiger partial charge >= 0.3 is 0 Å². The highest BCUT2D eigenvalue weighted by molar-refractivity contribution is 6.07. The molecule has 3 N–H and O–H groups in total. The number of hydrogen-bond acceptors (Lipinski definition) is 4. The molecule has 118 valence electrons. The van der Waals surface area contributed by atoms with Crippen molar-refractivity contribution in [2.24, 2.45) is 0 Å². The van der Waals surface area contributed by atoms with Crippen LogP contribution in [0.3, 0.4) is 0 Å². The van der Waals surface area contributed by atoms with Crippen molar-refractivity contribution in [2.75, 3.05) is 10.6 Å². The molecule has 0 spiro atoms. The number of aryl methyl sites for hydroxylation is 1. The predicted molar refractivity (Wildman–Crippen MR) is 93.2 cm³/mol. The number of hydrogen-bond donors (Lipinski definition) is 3. The minimum absolute atomic E-state index is 0.0111. The van der Waals surface area contributed by atoms with Crippen molar-refractivity contribution in [3.05, 3.63) is 66.0 Å². The lowest BCUT2D eigenvalue weighted by Crippen LogP contribution is -2.15. The van der Waals surface area contributed by atoms with Gasteiger partial charge in [-0.15, -0.1) is 0 Å². The summed E-state index contributed by atoms with van der Waals surface area (Å²) in [7, 11) is 0. The van der Waals surface area contributed by atoms with Gasteiger partial charge < -0.3 is 10.6 Å². The molecule has 24 heavy (non-hydrogen) atoms. The summed E-state index contributed by atoms with van der Waals surface area (Å²) < 4.78 is 0. The Balaban J connectivity index is 1.75. The fraction of sp³-hybridized carbons (Fsp3) is 0.0556. The number of nitriles is 1. The van der Waals surface area contributed by atoms with E-state index in [1.165, 1.54) is 6.20 Å². The molecule has 0 saturated heterocycles. The highest BCUT2D eigenvalue weighted by Gasteiger charge is 2.10. The van der Waals surface area contributed by atoms with Crippen LogP contribution in [0.15, 0.2) is 60.4 Å². The van der Waals surface area contributed by atoms with E-state index in [2.05, 4.69) is 20.8 Å². The summed E-state index contributed by atoms with van der Waals surface area (Å²) in [6, 6.07) is 14.9. The average molecular weight is 317 g/mol. The lowest BCUT2D eigenvalue weighted by Gasteiger charge is -2.07. The van der Waals surface area contributed by atoms with Gasteiger partial charge in [0.25, 0.3) is 5.91 Å². The van der Waals surface area contributed by atoms with Crippen LogP contribution in [0.2, 0.25) is 0 Å². The third kappa shape index (κ3) is 3.25. The van der Waals surface area contributed by atoms with Crippen molar-refractivity contribution in [1.82, 2.24) is 10.2 Å². The molecule has 0 saturated carbocycles. The van der Waals surface area contributed by atoms with Crippen molar-refractivity contribution in [3.63, 3.8) is 0 Å². The molecule has 1 heterocycles. The van der Waals surface area contributed by atoms with Crippen molar-refractivity contribution in [1.29, 1.82) is 5.26 Å². The number of fused-ring (bicyclic) bond motifs is 1. The molecular weight excluding hydrogens is 302 g/mol. The Morgan fingerprint density at radius 3 is 2.92 bits per heavy atom. The van der Waals surface area contributed by atoms with Gasteiger partial charge in [0, 0.05) is 23.0 Å². The Morgan fingerprint density at radius 2 is 2.12 bits per heavy atom. The summed E-state index contributed by atoms with van der Waals surface area (Å²) in [4.78, 5) is 12.2. The van der Waals surface area contributed by atoms with Gasteiger partial charge in [0.1, 0.15) is 11.6 Å². The van der Waals surface area contributed by atoms with Crippen LogP contribution < -0.4 is 10.6 Å². The lowest BCUT2D eigenvalue weighted by molar-refractivity contribution is -0.112. The maximum absolute atomic E-state index is 12.2. The lowest BCUT2D eigenvalue weighted by atomic mass is 10.2. The smallest absolute Gasteiger partial charge is 0.267 e. The Hall–Kier alpha value is -3.59. The molecule has 3 rings (SSSR count). The Kier molecular flexibility index (Phi) is 4.25. The first-order valence-corrected chi connectivity index (χ1v) is 7.34. The molecule has 1 aromatic heterocycles. The summed E-state index contributed by atoms with van der Waals surface area (Å²) >= 11 is 0. The molecule has 2 aromatic carbocycles. The van der Waals surface area contributed by atoms with E-state index in [0.717, 1.165) is 22.2 Å². The fourth-order valence-electron chi connectivity index (χ4n) is 2.23. The summed E-state index contributed by atoms with van der Waals surface area (Å²) in [5, 5.41) is 22.7. The molecule has 1 amide bonds. The van der Waals surface area contributed by atoms with Crippen LogP contribution in [0.1, 0.15) is 5.56 Å². The van der Waals surface area contributed by atoms with Crippen LogP contribution in [0.5, 0.6) is 0 Å². The Morgan fingerprint density at radius 1 is 1.29 bits per heavy atom. The van der Waals surface area contributed by atoms with E-state index in [-0.39, 0.29) is 5.57 Å². The van der Waals surface area contributed by atoms with E-state index in [0.29, 0.717) is 5.69 Å². The summed E-state index contributed by atoms with van der Waals surface area (Å²) in [6.45, 7) is 1.89. The number of nitrogens with zero attached hydrogens (tertiary/aromatic N) is 2. The number of rotatable bonds is 4. The Bertz CT molecular complexity index is 965. The third-order valence-corrected chi connectivity index (χ3v) is 3.58. The number of nitrogens with one attached hydrogen (secondary N) is 3. The number of amides is 1. The van der Waals surface area contributed by atoms with Crippen molar-refractivity contribution >= 4 is 28.2 Å². The summed E-state index contributed by atoms with van der Waals surface area (Å²) in [6.07, 6.45) is 3.12. The van der Waals surface area contributed by atoms with Gasteiger partial charge in [0.05, 0.1) is 11.7 Å². The van der Waals surface area contributed by atoms with E-state index < -0.39 is 5.91 Å². The van der Waals surface area contributed by atoms with Crippen molar-refractivity contribution in [2.45, 2.75) is 6.92 Å². The molecule has 0 radical (unpaired) electrons. The number of benzene rings is 2. The van der Waals surface area contributed by atoms with Crippen LogP contribution >= 0.6 is 0 Å². The zero-order valence-electron chi connectivity index (χ0n) is 13.0. The minimum atomic E-state index is -0.457. The van der Waals surface area contributed by atoms with Crippen LogP contribution in [-0.4, -0.2) is 16.1 Å². The number of carbonyl (C=O) groups excluding carboxylic acids is 1. The normalized spacial score (nSPS) is 11.1. The standard InChI is InChI=1S/C18H15N5O/c1-12-4-2-3-5-16(12)22-18(24)14(9-19)10-20-15-7-6-13-11-21-23-17(13)8-15/h2-8,10-11,20H,1H3,(H,21,23)(H,22,24)/b14-10-.